The van der Waals surface area contributed by atoms with E-state index in [0.717, 1.165) is 37.2 Å². The standard InChI is InChI=1S/C26H32N4O4S/c1-18-4-7-21(8-5-18)35-15-12-27-26(31)19-10-13-30(14-11-19)17-24-28-25(29-34-24)20-6-9-22(32-2)23(16-20)33-3/h4-9,16,19H,10-15,17H2,1-3H3,(H,27,31). The van der Waals surface area contributed by atoms with Crippen LogP contribution in [-0.4, -0.2) is 60.6 Å². The highest BCUT2D eigenvalue weighted by Crippen LogP contribution is 2.31. The van der Waals surface area contributed by atoms with Gasteiger partial charge in [-0.05, 0) is 63.2 Å². The van der Waals surface area contributed by atoms with Gasteiger partial charge < -0.3 is 19.3 Å². The molecular formula is C26H32N4O4S. The number of amides is 1. The van der Waals surface area contributed by atoms with Crippen LogP contribution in [-0.2, 0) is 11.3 Å². The molecule has 0 atom stereocenters. The molecule has 1 aliphatic rings. The van der Waals surface area contributed by atoms with Crippen molar-refractivity contribution in [1.29, 1.82) is 0 Å². The third-order valence-electron chi connectivity index (χ3n) is 6.12. The van der Waals surface area contributed by atoms with Gasteiger partial charge in [0.15, 0.2) is 11.5 Å². The normalized spacial score (nSPS) is 14.6. The number of aromatic nitrogens is 2. The zero-order chi connectivity index (χ0) is 24.6. The summed E-state index contributed by atoms with van der Waals surface area (Å²) in [6.45, 7) is 4.98. The Bertz CT molecular complexity index is 1110. The van der Waals surface area contributed by atoms with Crippen LogP contribution in [0.2, 0.25) is 0 Å². The molecule has 35 heavy (non-hydrogen) atoms. The molecule has 2 aromatic carbocycles. The summed E-state index contributed by atoms with van der Waals surface area (Å²) in [6, 6.07) is 14.0. The first-order valence-corrected chi connectivity index (χ1v) is 12.8. The summed E-state index contributed by atoms with van der Waals surface area (Å²) in [7, 11) is 3.19. The van der Waals surface area contributed by atoms with E-state index in [1.54, 1.807) is 26.0 Å². The van der Waals surface area contributed by atoms with Gasteiger partial charge in [-0.25, -0.2) is 0 Å². The lowest BCUT2D eigenvalue weighted by molar-refractivity contribution is -0.126. The van der Waals surface area contributed by atoms with Gasteiger partial charge in [-0.15, -0.1) is 11.8 Å². The highest BCUT2D eigenvalue weighted by Gasteiger charge is 2.26. The maximum Gasteiger partial charge on any atom is 0.241 e. The van der Waals surface area contributed by atoms with E-state index in [0.29, 0.717) is 36.3 Å². The van der Waals surface area contributed by atoms with Crippen molar-refractivity contribution in [3.8, 4) is 22.9 Å². The van der Waals surface area contributed by atoms with Crippen LogP contribution >= 0.6 is 11.8 Å². The van der Waals surface area contributed by atoms with Gasteiger partial charge in [0.1, 0.15) is 0 Å². The molecule has 0 aliphatic carbocycles. The Morgan fingerprint density at radius 2 is 1.86 bits per heavy atom. The fourth-order valence-corrected chi connectivity index (χ4v) is 4.85. The predicted molar refractivity (Wildman–Crippen MR) is 136 cm³/mol. The maximum atomic E-state index is 12.6. The second-order valence-electron chi connectivity index (χ2n) is 8.58. The number of ether oxygens (including phenoxy) is 2. The first-order valence-electron chi connectivity index (χ1n) is 11.8. The van der Waals surface area contributed by atoms with Gasteiger partial charge in [0.05, 0.1) is 20.8 Å². The molecule has 0 unspecified atom stereocenters. The number of carbonyl (C=O) groups is 1. The Morgan fingerprint density at radius 3 is 2.57 bits per heavy atom. The summed E-state index contributed by atoms with van der Waals surface area (Å²) in [5.74, 6) is 3.42. The molecule has 1 aromatic heterocycles. The van der Waals surface area contributed by atoms with Gasteiger partial charge in [-0.2, -0.15) is 4.98 Å². The van der Waals surface area contributed by atoms with Crippen molar-refractivity contribution in [3.63, 3.8) is 0 Å². The van der Waals surface area contributed by atoms with Crippen LogP contribution in [0.1, 0.15) is 24.3 Å². The van der Waals surface area contributed by atoms with Crippen molar-refractivity contribution in [2.24, 2.45) is 5.92 Å². The molecule has 0 bridgehead atoms. The average Bonchev–Trinajstić information content (AvgIpc) is 3.36. The van der Waals surface area contributed by atoms with Crippen molar-refractivity contribution in [2.45, 2.75) is 31.2 Å². The third-order valence-corrected chi connectivity index (χ3v) is 7.13. The number of benzene rings is 2. The van der Waals surface area contributed by atoms with Crippen LogP contribution in [0.25, 0.3) is 11.4 Å². The molecule has 1 aliphatic heterocycles. The SMILES string of the molecule is COc1ccc(-c2noc(CN3CCC(C(=O)NCCSc4ccc(C)cc4)CC3)n2)cc1OC. The highest BCUT2D eigenvalue weighted by molar-refractivity contribution is 7.99. The summed E-state index contributed by atoms with van der Waals surface area (Å²) in [5.41, 5.74) is 2.06. The molecule has 2 heterocycles. The van der Waals surface area contributed by atoms with Gasteiger partial charge >= 0.3 is 0 Å². The number of thioether (sulfide) groups is 1. The maximum absolute atomic E-state index is 12.6. The fraction of sp³-hybridized carbons (Fsp3) is 0.423. The minimum absolute atomic E-state index is 0.0561. The minimum atomic E-state index is 0.0561. The van der Waals surface area contributed by atoms with Crippen LogP contribution in [0.5, 0.6) is 11.5 Å². The van der Waals surface area contributed by atoms with Crippen LogP contribution < -0.4 is 14.8 Å². The van der Waals surface area contributed by atoms with Crippen LogP contribution in [0.4, 0.5) is 0 Å². The van der Waals surface area contributed by atoms with Crippen molar-refractivity contribution >= 4 is 17.7 Å². The zero-order valence-electron chi connectivity index (χ0n) is 20.5. The van der Waals surface area contributed by atoms with Crippen molar-refractivity contribution in [2.75, 3.05) is 39.6 Å². The Balaban J connectivity index is 1.20. The fourth-order valence-electron chi connectivity index (χ4n) is 4.08. The van der Waals surface area contributed by atoms with Gasteiger partial charge in [-0.3, -0.25) is 9.69 Å². The van der Waals surface area contributed by atoms with Gasteiger partial charge in [-0.1, -0.05) is 22.9 Å². The molecule has 0 spiro atoms. The number of aryl methyl sites for hydroxylation is 1. The lowest BCUT2D eigenvalue weighted by Crippen LogP contribution is -2.40. The summed E-state index contributed by atoms with van der Waals surface area (Å²) in [5, 5.41) is 7.22. The molecule has 0 radical (unpaired) electrons. The first-order chi connectivity index (χ1) is 17.1. The van der Waals surface area contributed by atoms with E-state index >= 15 is 0 Å². The quantitative estimate of drug-likeness (QED) is 0.330. The lowest BCUT2D eigenvalue weighted by Gasteiger charge is -2.30. The molecule has 1 N–H and O–H groups in total. The molecule has 4 rings (SSSR count). The van der Waals surface area contributed by atoms with Crippen LogP contribution in [0.15, 0.2) is 51.9 Å². The number of methoxy groups -OCH3 is 2. The number of hydrogen-bond donors (Lipinski definition) is 1. The smallest absolute Gasteiger partial charge is 0.241 e. The monoisotopic (exact) mass is 496 g/mol. The average molecular weight is 497 g/mol. The summed E-state index contributed by atoms with van der Waals surface area (Å²) < 4.78 is 16.1. The first kappa shape index (κ1) is 25.1. The minimum Gasteiger partial charge on any atom is -0.493 e. The van der Waals surface area contributed by atoms with E-state index < -0.39 is 0 Å². The zero-order valence-corrected chi connectivity index (χ0v) is 21.3. The predicted octanol–water partition coefficient (Wildman–Crippen LogP) is 4.18. The summed E-state index contributed by atoms with van der Waals surface area (Å²) >= 11 is 1.76. The molecule has 9 heteroatoms. The van der Waals surface area contributed by atoms with E-state index in [2.05, 4.69) is 51.5 Å². The van der Waals surface area contributed by atoms with E-state index in [9.17, 15) is 4.79 Å². The van der Waals surface area contributed by atoms with E-state index in [-0.39, 0.29) is 11.8 Å². The van der Waals surface area contributed by atoms with E-state index in [4.69, 9.17) is 14.0 Å². The molecular weight excluding hydrogens is 464 g/mol. The second-order valence-corrected chi connectivity index (χ2v) is 9.75. The van der Waals surface area contributed by atoms with E-state index in [1.165, 1.54) is 10.5 Å². The number of nitrogens with zero attached hydrogens (tertiary/aromatic N) is 3. The Kier molecular flexibility index (Phi) is 8.65. The Morgan fingerprint density at radius 1 is 1.11 bits per heavy atom. The van der Waals surface area contributed by atoms with E-state index in [1.807, 2.05) is 18.2 Å². The Labute approximate surface area is 210 Å². The van der Waals surface area contributed by atoms with Crippen LogP contribution in [0, 0.1) is 12.8 Å². The topological polar surface area (TPSA) is 89.7 Å². The highest BCUT2D eigenvalue weighted by atomic mass is 32.2. The molecule has 1 fully saturated rings. The molecule has 186 valence electrons. The number of nitrogens with one attached hydrogen (secondary N) is 1. The number of hydrogen-bond acceptors (Lipinski definition) is 8. The molecule has 8 nitrogen and oxygen atoms in total. The number of rotatable bonds is 10. The van der Waals surface area contributed by atoms with Crippen molar-refractivity contribution in [3.05, 3.63) is 53.9 Å². The van der Waals surface area contributed by atoms with Crippen molar-refractivity contribution < 1.29 is 18.8 Å². The van der Waals surface area contributed by atoms with Crippen LogP contribution in [0.3, 0.4) is 0 Å². The second kappa shape index (κ2) is 12.1. The van der Waals surface area contributed by atoms with Gasteiger partial charge in [0.2, 0.25) is 17.6 Å². The molecule has 0 saturated carbocycles. The Hall–Kier alpha value is -3.04. The largest absolute Gasteiger partial charge is 0.493 e. The summed E-state index contributed by atoms with van der Waals surface area (Å²) in [6.07, 6.45) is 1.65. The molecule has 1 saturated heterocycles. The van der Waals surface area contributed by atoms with Gasteiger partial charge in [0, 0.05) is 28.7 Å². The summed E-state index contributed by atoms with van der Waals surface area (Å²) in [4.78, 5) is 20.6. The number of piperidine rings is 1. The molecule has 3 aromatic rings. The van der Waals surface area contributed by atoms with Crippen molar-refractivity contribution in [1.82, 2.24) is 20.4 Å². The lowest BCUT2D eigenvalue weighted by atomic mass is 9.96. The third kappa shape index (κ3) is 6.76. The molecule has 1 amide bonds. The number of carbonyl (C=O) groups excluding carboxylic acids is 1. The van der Waals surface area contributed by atoms with Gasteiger partial charge in [0.25, 0.3) is 0 Å². The number of likely N-dealkylation sites (tertiary alicyclic amines) is 1.